The summed E-state index contributed by atoms with van der Waals surface area (Å²) in [5.74, 6) is -0.189. The molecule has 9 nitrogen and oxygen atoms in total. The van der Waals surface area contributed by atoms with Crippen molar-refractivity contribution in [2.24, 2.45) is 0 Å². The number of amides is 1. The van der Waals surface area contributed by atoms with Gasteiger partial charge in [-0.1, -0.05) is 348 Å². The lowest BCUT2D eigenvalue weighted by molar-refractivity contribution is -0.302. The summed E-state index contributed by atoms with van der Waals surface area (Å²) in [5.41, 5.74) is 0. The normalized spacial score (nSPS) is 18.4. The van der Waals surface area contributed by atoms with Gasteiger partial charge < -0.3 is 40.3 Å². The van der Waals surface area contributed by atoms with Gasteiger partial charge in [0.05, 0.1) is 25.4 Å². The average molecular weight is 1260 g/mol. The summed E-state index contributed by atoms with van der Waals surface area (Å²) in [6.07, 6.45) is 95.1. The third kappa shape index (κ3) is 56.4. The Morgan fingerprint density at radius 1 is 0.389 bits per heavy atom. The third-order valence-corrected chi connectivity index (χ3v) is 17.6. The van der Waals surface area contributed by atoms with E-state index in [2.05, 4.69) is 116 Å². The van der Waals surface area contributed by atoms with Gasteiger partial charge in [-0.2, -0.15) is 0 Å². The minimum atomic E-state index is -1.58. The van der Waals surface area contributed by atoms with Gasteiger partial charge in [0.2, 0.25) is 5.91 Å². The van der Waals surface area contributed by atoms with E-state index in [0.717, 1.165) is 83.5 Å². The minimum Gasteiger partial charge on any atom is -0.394 e. The van der Waals surface area contributed by atoms with E-state index >= 15 is 0 Å². The Morgan fingerprint density at radius 3 is 1.07 bits per heavy atom. The number of hydrogen-bond acceptors (Lipinski definition) is 8. The van der Waals surface area contributed by atoms with Gasteiger partial charge in [-0.05, 0) is 96.3 Å². The van der Waals surface area contributed by atoms with Crippen LogP contribution < -0.4 is 5.32 Å². The SMILES string of the molecule is CC/C=C\C/C=C\C/C=C\C/C=C\C/C=C\C/C=C\CCCCCCCCCCCCCCCCCCCCC(=O)NC(COC1OC(CO)C(O)C(O)C1O)C(O)/C=C/CC/C=C/CC/C=C/CCCCCCCCCCCCCCCCCCCCCC. The molecule has 1 amide bonds. The summed E-state index contributed by atoms with van der Waals surface area (Å²) in [6.45, 7) is 3.68. The molecule has 1 aliphatic rings. The Bertz CT molecular complexity index is 1800. The van der Waals surface area contributed by atoms with Crippen molar-refractivity contribution in [3.63, 3.8) is 0 Å². The standard InChI is InChI=1S/C81H143NO8/c1-3-5-7-9-11-13-15-17-19-21-23-25-27-29-31-33-35-36-37-38-39-40-41-43-45-47-49-51-53-55-57-59-61-63-65-67-69-71-77(85)82-74(73-89-81-80(88)79(87)78(86)76(72-83)90-81)75(84)70-68-66-64-62-60-58-56-54-52-50-48-46-44-42-34-32-30-28-26-24-22-20-18-16-14-12-10-8-6-4-2/h5,7,11,13,17,19,23,25,29,31,35-36,52,54,60,62,68,70,74-76,78-81,83-84,86-88H,3-4,6,8-10,12,14-16,18,20-22,24,26-28,30,32-34,37-51,53,55-59,61,63-67,69,71-73H2,1-2H3,(H,82,85)/b7-5-,13-11-,19-17-,25-23-,31-29-,36-35-,54-52+,62-60+,70-68+. The first-order valence-corrected chi connectivity index (χ1v) is 38.1. The molecule has 90 heavy (non-hydrogen) atoms. The fourth-order valence-corrected chi connectivity index (χ4v) is 11.7. The predicted octanol–water partition coefficient (Wildman–Crippen LogP) is 21.6. The topological polar surface area (TPSA) is 149 Å². The van der Waals surface area contributed by atoms with E-state index in [4.69, 9.17) is 9.47 Å². The van der Waals surface area contributed by atoms with Crippen molar-refractivity contribution in [1.29, 1.82) is 0 Å². The van der Waals surface area contributed by atoms with Crippen LogP contribution in [0.15, 0.2) is 109 Å². The molecule has 0 aromatic rings. The number of unbranched alkanes of at least 4 members (excludes halogenated alkanes) is 40. The quantitative estimate of drug-likeness (QED) is 0.0261. The molecule has 0 saturated carbocycles. The maximum absolute atomic E-state index is 13.2. The summed E-state index contributed by atoms with van der Waals surface area (Å²) in [7, 11) is 0. The zero-order valence-electron chi connectivity index (χ0n) is 58.4. The van der Waals surface area contributed by atoms with Crippen molar-refractivity contribution in [3.8, 4) is 0 Å². The predicted molar refractivity (Wildman–Crippen MR) is 387 cm³/mol. The van der Waals surface area contributed by atoms with Crippen LogP contribution in [0.4, 0.5) is 0 Å². The molecule has 0 aromatic carbocycles. The summed E-state index contributed by atoms with van der Waals surface area (Å²) in [6, 6.07) is -0.835. The lowest BCUT2D eigenvalue weighted by atomic mass is 9.99. The van der Waals surface area contributed by atoms with Gasteiger partial charge in [-0.25, -0.2) is 0 Å². The first kappa shape index (κ1) is 84.9. The molecule has 1 fully saturated rings. The molecule has 0 radical (unpaired) electrons. The van der Waals surface area contributed by atoms with Crippen LogP contribution in [0.25, 0.3) is 0 Å². The van der Waals surface area contributed by atoms with Crippen molar-refractivity contribution in [3.05, 3.63) is 109 Å². The van der Waals surface area contributed by atoms with Crippen LogP contribution >= 0.6 is 0 Å². The van der Waals surface area contributed by atoms with E-state index < -0.39 is 49.5 Å². The highest BCUT2D eigenvalue weighted by atomic mass is 16.7. The third-order valence-electron chi connectivity index (χ3n) is 17.6. The Balaban J connectivity index is 2.12. The summed E-state index contributed by atoms with van der Waals surface area (Å²) >= 11 is 0. The molecule has 1 rings (SSSR count). The molecule has 1 heterocycles. The van der Waals surface area contributed by atoms with Crippen LogP contribution in [-0.4, -0.2) is 87.5 Å². The zero-order chi connectivity index (χ0) is 64.9. The summed E-state index contributed by atoms with van der Waals surface area (Å²) < 4.78 is 11.3. The zero-order valence-corrected chi connectivity index (χ0v) is 58.4. The second-order valence-corrected chi connectivity index (χ2v) is 26.0. The number of aliphatic hydroxyl groups is 5. The van der Waals surface area contributed by atoms with E-state index in [1.807, 2.05) is 6.08 Å². The Morgan fingerprint density at radius 2 is 0.700 bits per heavy atom. The van der Waals surface area contributed by atoms with Gasteiger partial charge in [0.15, 0.2) is 6.29 Å². The first-order chi connectivity index (χ1) is 44.3. The highest BCUT2D eigenvalue weighted by molar-refractivity contribution is 5.76. The van der Waals surface area contributed by atoms with Gasteiger partial charge >= 0.3 is 0 Å². The molecule has 1 saturated heterocycles. The molecule has 0 bridgehead atoms. The maximum Gasteiger partial charge on any atom is 0.220 e. The van der Waals surface area contributed by atoms with Crippen LogP contribution in [0.2, 0.25) is 0 Å². The van der Waals surface area contributed by atoms with E-state index in [-0.39, 0.29) is 12.5 Å². The summed E-state index contributed by atoms with van der Waals surface area (Å²) in [5, 5.41) is 54.8. The van der Waals surface area contributed by atoms with Crippen molar-refractivity contribution >= 4 is 5.91 Å². The minimum absolute atomic E-state index is 0.189. The van der Waals surface area contributed by atoms with E-state index in [1.54, 1.807) is 6.08 Å². The Labute approximate surface area is 555 Å². The molecular formula is C81H143NO8. The van der Waals surface area contributed by atoms with Crippen LogP contribution in [-0.2, 0) is 14.3 Å². The lowest BCUT2D eigenvalue weighted by Crippen LogP contribution is -2.60. The first-order valence-electron chi connectivity index (χ1n) is 38.1. The fourth-order valence-electron chi connectivity index (χ4n) is 11.7. The lowest BCUT2D eigenvalue weighted by Gasteiger charge is -2.40. The molecule has 1 aliphatic heterocycles. The molecule has 0 aromatic heterocycles. The maximum atomic E-state index is 13.2. The van der Waals surface area contributed by atoms with Crippen LogP contribution in [0.1, 0.15) is 341 Å². The van der Waals surface area contributed by atoms with Gasteiger partial charge in [-0.15, -0.1) is 0 Å². The van der Waals surface area contributed by atoms with Crippen LogP contribution in [0, 0.1) is 0 Å². The van der Waals surface area contributed by atoms with Gasteiger partial charge in [0.1, 0.15) is 24.4 Å². The van der Waals surface area contributed by atoms with Gasteiger partial charge in [-0.3, -0.25) is 4.79 Å². The number of hydrogen-bond donors (Lipinski definition) is 6. The Kier molecular flexibility index (Phi) is 64.8. The van der Waals surface area contributed by atoms with E-state index in [1.165, 1.54) is 238 Å². The Hall–Kier alpha value is -3.15. The number of rotatable bonds is 66. The number of aliphatic hydroxyl groups excluding tert-OH is 5. The van der Waals surface area contributed by atoms with Crippen molar-refractivity contribution in [1.82, 2.24) is 5.32 Å². The second kappa shape index (κ2) is 68.7. The smallest absolute Gasteiger partial charge is 0.220 e. The summed E-state index contributed by atoms with van der Waals surface area (Å²) in [4.78, 5) is 13.2. The van der Waals surface area contributed by atoms with E-state index in [0.29, 0.717) is 6.42 Å². The molecule has 9 heteroatoms. The molecule has 520 valence electrons. The number of carbonyl (C=O) groups excluding carboxylic acids is 1. The molecule has 0 aliphatic carbocycles. The highest BCUT2D eigenvalue weighted by Gasteiger charge is 2.44. The molecule has 7 unspecified atom stereocenters. The van der Waals surface area contributed by atoms with Gasteiger partial charge in [0, 0.05) is 6.42 Å². The number of nitrogens with one attached hydrogen (secondary N) is 1. The van der Waals surface area contributed by atoms with Crippen molar-refractivity contribution in [2.45, 2.75) is 384 Å². The molecule has 6 N–H and O–H groups in total. The fraction of sp³-hybridized carbons (Fsp3) is 0.765. The van der Waals surface area contributed by atoms with Crippen LogP contribution in [0.3, 0.4) is 0 Å². The highest BCUT2D eigenvalue weighted by Crippen LogP contribution is 2.23. The molecule has 7 atom stereocenters. The monoisotopic (exact) mass is 1260 g/mol. The van der Waals surface area contributed by atoms with Crippen LogP contribution in [0.5, 0.6) is 0 Å². The molecule has 0 spiro atoms. The largest absolute Gasteiger partial charge is 0.394 e. The van der Waals surface area contributed by atoms with Crippen molar-refractivity contribution in [2.75, 3.05) is 13.2 Å². The number of carbonyl (C=O) groups is 1. The number of allylic oxidation sites excluding steroid dienone is 17. The number of ether oxygens (including phenoxy) is 2. The molecular weight excluding hydrogens is 1110 g/mol. The van der Waals surface area contributed by atoms with E-state index in [9.17, 15) is 30.3 Å². The average Bonchev–Trinajstić information content (AvgIpc) is 1.28. The van der Waals surface area contributed by atoms with Crippen molar-refractivity contribution < 1.29 is 39.8 Å². The second-order valence-electron chi connectivity index (χ2n) is 26.0. The van der Waals surface area contributed by atoms with Gasteiger partial charge in [0.25, 0.3) is 0 Å².